The number of hydrogen-bond donors (Lipinski definition) is 0. The van der Waals surface area contributed by atoms with Crippen LogP contribution in [0.2, 0.25) is 0 Å². The first-order valence-electron chi connectivity index (χ1n) is 6.53. The molecule has 7 nitrogen and oxygen atoms in total. The first kappa shape index (κ1) is 15.4. The van der Waals surface area contributed by atoms with Crippen molar-refractivity contribution in [2.75, 3.05) is 7.11 Å². The van der Waals surface area contributed by atoms with Crippen molar-refractivity contribution in [1.29, 1.82) is 0 Å². The lowest BCUT2D eigenvalue weighted by atomic mass is 10.0. The van der Waals surface area contributed by atoms with Crippen LogP contribution >= 0.6 is 0 Å². The summed E-state index contributed by atoms with van der Waals surface area (Å²) in [7, 11) is 1.31. The average molecular weight is 302 g/mol. The fraction of sp³-hybridized carbons (Fsp3) is 0.200. The van der Waals surface area contributed by atoms with Crippen LogP contribution in [0, 0.1) is 10.1 Å². The zero-order valence-corrected chi connectivity index (χ0v) is 11.9. The van der Waals surface area contributed by atoms with Gasteiger partial charge in [0.2, 0.25) is 0 Å². The molecule has 0 fully saturated rings. The Hall–Kier alpha value is -2.96. The quantitative estimate of drug-likeness (QED) is 0.477. The summed E-state index contributed by atoms with van der Waals surface area (Å²) in [5.41, 5.74) is 0.135. The molecule has 1 aromatic heterocycles. The number of aryl methyl sites for hydroxylation is 2. The molecule has 22 heavy (non-hydrogen) atoms. The van der Waals surface area contributed by atoms with Crippen LogP contribution in [-0.4, -0.2) is 22.6 Å². The number of aromatic nitrogens is 1. The number of carbonyl (C=O) groups excluding carboxylic acids is 1. The summed E-state index contributed by atoms with van der Waals surface area (Å²) in [6.07, 6.45) is 3.16. The Morgan fingerprint density at radius 3 is 2.73 bits per heavy atom. The molecule has 1 heterocycles. The number of ether oxygens (including phenoxy) is 1. The van der Waals surface area contributed by atoms with Gasteiger partial charge in [0, 0.05) is 18.8 Å². The molecule has 0 aliphatic carbocycles. The highest BCUT2D eigenvalue weighted by molar-refractivity contribution is 5.90. The summed E-state index contributed by atoms with van der Waals surface area (Å²) < 4.78 is 6.27. The van der Waals surface area contributed by atoms with Crippen molar-refractivity contribution in [3.8, 4) is 0 Å². The van der Waals surface area contributed by atoms with Crippen molar-refractivity contribution < 1.29 is 14.5 Å². The number of pyridine rings is 1. The van der Waals surface area contributed by atoms with Crippen molar-refractivity contribution >= 4 is 11.7 Å². The minimum Gasteiger partial charge on any atom is -0.465 e. The lowest BCUT2D eigenvalue weighted by Crippen LogP contribution is -2.13. The number of esters is 1. The summed E-state index contributed by atoms with van der Waals surface area (Å²) in [5, 5.41) is 10.8. The fourth-order valence-corrected chi connectivity index (χ4v) is 2.09. The van der Waals surface area contributed by atoms with E-state index < -0.39 is 22.0 Å². The zero-order chi connectivity index (χ0) is 16.1. The van der Waals surface area contributed by atoms with Crippen LogP contribution in [0.3, 0.4) is 0 Å². The summed E-state index contributed by atoms with van der Waals surface area (Å²) in [6, 6.07) is 8.15. The van der Waals surface area contributed by atoms with Gasteiger partial charge in [0.25, 0.3) is 5.43 Å². The summed E-state index contributed by atoms with van der Waals surface area (Å²) in [4.78, 5) is 33.1. The van der Waals surface area contributed by atoms with Gasteiger partial charge >= 0.3 is 11.7 Å². The molecule has 2 aromatic rings. The van der Waals surface area contributed by atoms with Gasteiger partial charge in [0.15, 0.2) is 0 Å². The first-order chi connectivity index (χ1) is 10.5. The molecule has 0 spiro atoms. The minimum atomic E-state index is -0.707. The second-order valence-corrected chi connectivity index (χ2v) is 4.59. The molecule has 1 aromatic carbocycles. The second-order valence-electron chi connectivity index (χ2n) is 4.59. The Balaban J connectivity index is 2.21. The molecular formula is C15H14N2O5. The number of hydrogen-bond acceptors (Lipinski definition) is 5. The molecule has 0 saturated carbocycles. The largest absolute Gasteiger partial charge is 0.465 e. The van der Waals surface area contributed by atoms with E-state index in [1.54, 1.807) is 28.8 Å². The molecule has 0 amide bonds. The maximum absolute atomic E-state index is 11.7. The predicted octanol–water partition coefficient (Wildman–Crippen LogP) is 1.79. The van der Waals surface area contributed by atoms with E-state index in [1.807, 2.05) is 0 Å². The van der Waals surface area contributed by atoms with Crippen molar-refractivity contribution in [2.24, 2.45) is 0 Å². The number of rotatable bonds is 5. The van der Waals surface area contributed by atoms with Crippen molar-refractivity contribution in [3.05, 3.63) is 74.2 Å². The third-order valence-corrected chi connectivity index (χ3v) is 3.22. The third-order valence-electron chi connectivity index (χ3n) is 3.22. The molecule has 0 aliphatic heterocycles. The van der Waals surface area contributed by atoms with E-state index in [9.17, 15) is 19.7 Å². The van der Waals surface area contributed by atoms with Crippen molar-refractivity contribution in [3.63, 3.8) is 0 Å². The van der Waals surface area contributed by atoms with Crippen molar-refractivity contribution in [1.82, 2.24) is 4.57 Å². The molecule has 2 rings (SSSR count). The predicted molar refractivity (Wildman–Crippen MR) is 78.8 cm³/mol. The van der Waals surface area contributed by atoms with Gasteiger partial charge in [-0.3, -0.25) is 14.9 Å². The molecule has 0 unspecified atom stereocenters. The van der Waals surface area contributed by atoms with E-state index in [1.165, 1.54) is 19.5 Å². The Bertz CT molecular complexity index is 767. The van der Waals surface area contributed by atoms with E-state index in [0.717, 1.165) is 11.6 Å². The molecule has 0 N–H and O–H groups in total. The zero-order valence-electron chi connectivity index (χ0n) is 11.9. The Kier molecular flexibility index (Phi) is 4.67. The second kappa shape index (κ2) is 6.66. The lowest BCUT2D eigenvalue weighted by Gasteiger charge is -2.09. The van der Waals surface area contributed by atoms with Gasteiger partial charge in [-0.25, -0.2) is 4.79 Å². The van der Waals surface area contributed by atoms with Gasteiger partial charge in [-0.2, -0.15) is 0 Å². The highest BCUT2D eigenvalue weighted by Gasteiger charge is 2.13. The highest BCUT2D eigenvalue weighted by atomic mass is 16.6. The molecule has 114 valence electrons. The molecule has 0 aliphatic rings. The number of nitro groups is 1. The van der Waals surface area contributed by atoms with E-state index in [-0.39, 0.29) is 0 Å². The van der Waals surface area contributed by atoms with Gasteiger partial charge in [0.1, 0.15) is 0 Å². The van der Waals surface area contributed by atoms with Crippen LogP contribution in [0.25, 0.3) is 0 Å². The summed E-state index contributed by atoms with van der Waals surface area (Å²) in [6.45, 7) is 0.398. The monoisotopic (exact) mass is 302 g/mol. The van der Waals surface area contributed by atoms with Crippen LogP contribution in [0.5, 0.6) is 0 Å². The van der Waals surface area contributed by atoms with Crippen LogP contribution in [0.1, 0.15) is 15.9 Å². The Morgan fingerprint density at radius 1 is 1.32 bits per heavy atom. The Morgan fingerprint density at radius 2 is 2.05 bits per heavy atom. The van der Waals surface area contributed by atoms with Crippen LogP contribution in [-0.2, 0) is 17.7 Å². The number of nitrogens with zero attached hydrogens (tertiary/aromatic N) is 2. The van der Waals surface area contributed by atoms with Crippen molar-refractivity contribution in [2.45, 2.75) is 13.0 Å². The molecule has 0 radical (unpaired) electrons. The Labute approximate surface area is 125 Å². The molecule has 7 heteroatoms. The molecule has 0 saturated heterocycles. The topological polar surface area (TPSA) is 91.4 Å². The van der Waals surface area contributed by atoms with Crippen LogP contribution in [0.4, 0.5) is 5.69 Å². The normalized spacial score (nSPS) is 10.2. The third kappa shape index (κ3) is 3.38. The smallest absolute Gasteiger partial charge is 0.338 e. The first-order valence-corrected chi connectivity index (χ1v) is 6.53. The number of carbonyl (C=O) groups is 1. The van der Waals surface area contributed by atoms with E-state index in [2.05, 4.69) is 0 Å². The lowest BCUT2D eigenvalue weighted by molar-refractivity contribution is -0.386. The summed E-state index contributed by atoms with van der Waals surface area (Å²) >= 11 is 0. The summed E-state index contributed by atoms with van der Waals surface area (Å²) in [5.74, 6) is -0.429. The number of methoxy groups -OCH3 is 1. The molecular weight excluding hydrogens is 288 g/mol. The fourth-order valence-electron chi connectivity index (χ4n) is 2.09. The highest BCUT2D eigenvalue weighted by Crippen LogP contribution is 2.12. The maximum Gasteiger partial charge on any atom is 0.338 e. The van der Waals surface area contributed by atoms with E-state index >= 15 is 0 Å². The van der Waals surface area contributed by atoms with E-state index in [0.29, 0.717) is 18.5 Å². The minimum absolute atomic E-state index is 0.398. The molecule has 0 atom stereocenters. The maximum atomic E-state index is 11.7. The standard InChI is InChI=1S/C15H14N2O5/c1-22-15(19)12-5-3-2-4-11(12)6-8-16-9-7-14(18)13(10-16)17(20)21/h2-5,7,9-10H,6,8H2,1H3. The van der Waals surface area contributed by atoms with Gasteiger partial charge in [-0.1, -0.05) is 18.2 Å². The van der Waals surface area contributed by atoms with Gasteiger partial charge in [-0.15, -0.1) is 0 Å². The van der Waals surface area contributed by atoms with Gasteiger partial charge < -0.3 is 9.30 Å². The van der Waals surface area contributed by atoms with E-state index in [4.69, 9.17) is 4.74 Å². The van der Waals surface area contributed by atoms with Gasteiger partial charge in [0.05, 0.1) is 23.8 Å². The molecule has 0 bridgehead atoms. The van der Waals surface area contributed by atoms with Crippen LogP contribution < -0.4 is 5.43 Å². The average Bonchev–Trinajstić information content (AvgIpc) is 2.53. The van der Waals surface area contributed by atoms with Gasteiger partial charge in [-0.05, 0) is 18.1 Å². The number of benzene rings is 1. The SMILES string of the molecule is COC(=O)c1ccccc1CCn1ccc(=O)c([N+](=O)[O-])c1. The van der Waals surface area contributed by atoms with Crippen LogP contribution in [0.15, 0.2) is 47.5 Å².